The Balaban J connectivity index is 2.16. The van der Waals surface area contributed by atoms with E-state index in [-0.39, 0.29) is 0 Å². The number of hydrogen-bond donors (Lipinski definition) is 1. The molecule has 18 heavy (non-hydrogen) atoms. The van der Waals surface area contributed by atoms with Gasteiger partial charge in [0.15, 0.2) is 0 Å². The molecule has 2 rings (SSSR count). The molecule has 1 aromatic carbocycles. The van der Waals surface area contributed by atoms with Gasteiger partial charge >= 0.3 is 10.2 Å². The van der Waals surface area contributed by atoms with Gasteiger partial charge in [0.25, 0.3) is 0 Å². The SMILES string of the molecule is O=S(=O)(Nc1ccc(F)cc1Br)N1CCOCC1. The Bertz CT molecular complexity index is 532. The van der Waals surface area contributed by atoms with Crippen molar-refractivity contribution in [2.24, 2.45) is 0 Å². The van der Waals surface area contributed by atoms with Crippen LogP contribution in [0.25, 0.3) is 0 Å². The number of anilines is 1. The van der Waals surface area contributed by atoms with Crippen molar-refractivity contribution in [3.8, 4) is 0 Å². The summed E-state index contributed by atoms with van der Waals surface area (Å²) in [6.45, 7) is 1.39. The Morgan fingerprint density at radius 2 is 2.00 bits per heavy atom. The maximum Gasteiger partial charge on any atom is 0.301 e. The predicted molar refractivity (Wildman–Crippen MR) is 69.0 cm³/mol. The van der Waals surface area contributed by atoms with Crippen molar-refractivity contribution >= 4 is 31.8 Å². The summed E-state index contributed by atoms with van der Waals surface area (Å²) in [7, 11) is -3.62. The fourth-order valence-corrected chi connectivity index (χ4v) is 3.36. The molecular formula is C10H12BrFN2O3S. The second-order valence-corrected chi connectivity index (χ2v) is 6.27. The average Bonchev–Trinajstić information content (AvgIpc) is 2.34. The smallest absolute Gasteiger partial charge is 0.301 e. The fraction of sp³-hybridized carbons (Fsp3) is 0.400. The van der Waals surface area contributed by atoms with Crippen molar-refractivity contribution in [3.63, 3.8) is 0 Å². The van der Waals surface area contributed by atoms with E-state index in [0.717, 1.165) is 0 Å². The van der Waals surface area contributed by atoms with Crippen LogP contribution in [0.5, 0.6) is 0 Å². The highest BCUT2D eigenvalue weighted by molar-refractivity contribution is 9.10. The number of nitrogens with zero attached hydrogens (tertiary/aromatic N) is 1. The highest BCUT2D eigenvalue weighted by Crippen LogP contribution is 2.24. The van der Waals surface area contributed by atoms with Gasteiger partial charge in [-0.1, -0.05) is 0 Å². The number of ether oxygens (including phenoxy) is 1. The predicted octanol–water partition coefficient (Wildman–Crippen LogP) is 1.58. The third kappa shape index (κ3) is 3.19. The van der Waals surface area contributed by atoms with E-state index in [4.69, 9.17) is 4.74 Å². The Hall–Kier alpha value is -0.700. The first kappa shape index (κ1) is 13.7. The molecule has 100 valence electrons. The van der Waals surface area contributed by atoms with Crippen LogP contribution in [0.4, 0.5) is 10.1 Å². The second kappa shape index (κ2) is 5.52. The summed E-state index contributed by atoms with van der Waals surface area (Å²) in [6, 6.07) is 3.77. The Morgan fingerprint density at radius 1 is 1.33 bits per heavy atom. The van der Waals surface area contributed by atoms with Crippen LogP contribution in [-0.2, 0) is 14.9 Å². The summed E-state index contributed by atoms with van der Waals surface area (Å²) < 4.78 is 46.1. The Morgan fingerprint density at radius 3 is 2.61 bits per heavy atom. The lowest BCUT2D eigenvalue weighted by molar-refractivity contribution is 0.0733. The zero-order chi connectivity index (χ0) is 13.2. The van der Waals surface area contributed by atoms with E-state index in [9.17, 15) is 12.8 Å². The number of rotatable bonds is 3. The molecule has 1 fully saturated rings. The largest absolute Gasteiger partial charge is 0.379 e. The molecule has 0 aliphatic carbocycles. The molecular weight excluding hydrogens is 327 g/mol. The highest BCUT2D eigenvalue weighted by Gasteiger charge is 2.24. The van der Waals surface area contributed by atoms with Gasteiger partial charge in [-0.3, -0.25) is 4.72 Å². The summed E-state index contributed by atoms with van der Waals surface area (Å²) in [5.41, 5.74) is 0.308. The molecule has 1 N–H and O–H groups in total. The Labute approximate surface area is 113 Å². The molecule has 1 aromatic rings. The van der Waals surface area contributed by atoms with Gasteiger partial charge in [0.05, 0.1) is 18.9 Å². The molecule has 1 heterocycles. The third-order valence-electron chi connectivity index (χ3n) is 2.48. The van der Waals surface area contributed by atoms with Crippen molar-refractivity contribution in [3.05, 3.63) is 28.5 Å². The summed E-state index contributed by atoms with van der Waals surface area (Å²) in [5.74, 6) is -0.434. The first-order valence-corrected chi connectivity index (χ1v) is 7.53. The monoisotopic (exact) mass is 338 g/mol. The molecule has 0 radical (unpaired) electrons. The number of hydrogen-bond acceptors (Lipinski definition) is 3. The molecule has 0 bridgehead atoms. The van der Waals surface area contributed by atoms with Crippen molar-refractivity contribution in [2.75, 3.05) is 31.0 Å². The summed E-state index contributed by atoms with van der Waals surface area (Å²) in [4.78, 5) is 0. The molecule has 5 nitrogen and oxygen atoms in total. The summed E-state index contributed by atoms with van der Waals surface area (Å²) >= 11 is 3.11. The minimum absolute atomic E-state index is 0.308. The lowest BCUT2D eigenvalue weighted by Crippen LogP contribution is -2.43. The minimum atomic E-state index is -3.62. The summed E-state index contributed by atoms with van der Waals surface area (Å²) in [5, 5.41) is 0. The average molecular weight is 339 g/mol. The van der Waals surface area contributed by atoms with E-state index in [1.165, 1.54) is 22.5 Å². The van der Waals surface area contributed by atoms with Crippen LogP contribution in [-0.4, -0.2) is 39.0 Å². The maximum absolute atomic E-state index is 12.9. The van der Waals surface area contributed by atoms with E-state index in [1.807, 2.05) is 0 Å². The minimum Gasteiger partial charge on any atom is -0.379 e. The van der Waals surface area contributed by atoms with E-state index in [1.54, 1.807) is 0 Å². The summed E-state index contributed by atoms with van der Waals surface area (Å²) in [6.07, 6.45) is 0. The van der Waals surface area contributed by atoms with Gasteiger partial charge < -0.3 is 4.74 Å². The molecule has 1 aliphatic heterocycles. The van der Waals surface area contributed by atoms with Crippen molar-refractivity contribution in [1.29, 1.82) is 0 Å². The van der Waals surface area contributed by atoms with Gasteiger partial charge in [-0.25, -0.2) is 4.39 Å². The number of morpholine rings is 1. The standard InChI is InChI=1S/C10H12BrFN2O3S/c11-9-7-8(12)1-2-10(9)13-18(15,16)14-3-5-17-6-4-14/h1-2,7,13H,3-6H2. The lowest BCUT2D eigenvalue weighted by atomic mass is 10.3. The van der Waals surface area contributed by atoms with E-state index < -0.39 is 16.0 Å². The molecule has 0 unspecified atom stereocenters. The first-order chi connectivity index (χ1) is 8.49. The molecule has 1 aliphatic rings. The second-order valence-electron chi connectivity index (χ2n) is 3.74. The zero-order valence-electron chi connectivity index (χ0n) is 9.40. The number of halogens is 2. The number of nitrogens with one attached hydrogen (secondary N) is 1. The fourth-order valence-electron chi connectivity index (χ4n) is 1.56. The quantitative estimate of drug-likeness (QED) is 0.910. The maximum atomic E-state index is 12.9. The number of benzene rings is 1. The molecule has 0 saturated carbocycles. The van der Waals surface area contributed by atoms with E-state index >= 15 is 0 Å². The van der Waals surface area contributed by atoms with Crippen LogP contribution < -0.4 is 4.72 Å². The van der Waals surface area contributed by atoms with Crippen LogP contribution in [0, 0.1) is 5.82 Å². The van der Waals surface area contributed by atoms with Gasteiger partial charge in [-0.05, 0) is 34.1 Å². The molecule has 0 aromatic heterocycles. The molecule has 0 spiro atoms. The van der Waals surface area contributed by atoms with Crippen molar-refractivity contribution in [1.82, 2.24) is 4.31 Å². The van der Waals surface area contributed by atoms with Gasteiger partial charge in [-0.2, -0.15) is 12.7 Å². The van der Waals surface area contributed by atoms with Crippen LogP contribution in [0.3, 0.4) is 0 Å². The molecule has 1 saturated heterocycles. The molecule has 8 heteroatoms. The first-order valence-electron chi connectivity index (χ1n) is 5.30. The van der Waals surface area contributed by atoms with Crippen LogP contribution in [0.15, 0.2) is 22.7 Å². The van der Waals surface area contributed by atoms with Gasteiger partial charge in [0, 0.05) is 17.6 Å². The highest BCUT2D eigenvalue weighted by atomic mass is 79.9. The molecule has 0 amide bonds. The van der Waals surface area contributed by atoms with Crippen LogP contribution >= 0.6 is 15.9 Å². The van der Waals surface area contributed by atoms with E-state index in [0.29, 0.717) is 36.5 Å². The van der Waals surface area contributed by atoms with Gasteiger partial charge in [-0.15, -0.1) is 0 Å². The van der Waals surface area contributed by atoms with E-state index in [2.05, 4.69) is 20.7 Å². The Kier molecular flexibility index (Phi) is 4.21. The molecule has 0 atom stereocenters. The van der Waals surface area contributed by atoms with Gasteiger partial charge in [0.1, 0.15) is 5.82 Å². The third-order valence-corrected chi connectivity index (χ3v) is 4.66. The van der Waals surface area contributed by atoms with Crippen LogP contribution in [0.2, 0.25) is 0 Å². The van der Waals surface area contributed by atoms with Gasteiger partial charge in [0.2, 0.25) is 0 Å². The van der Waals surface area contributed by atoms with Crippen molar-refractivity contribution < 1.29 is 17.5 Å². The zero-order valence-corrected chi connectivity index (χ0v) is 11.8. The topological polar surface area (TPSA) is 58.6 Å². The van der Waals surface area contributed by atoms with Crippen LogP contribution in [0.1, 0.15) is 0 Å². The normalized spacial score (nSPS) is 17.7. The lowest BCUT2D eigenvalue weighted by Gasteiger charge is -2.26. The van der Waals surface area contributed by atoms with Crippen molar-refractivity contribution in [2.45, 2.75) is 0 Å².